The van der Waals surface area contributed by atoms with Crippen molar-refractivity contribution in [1.82, 2.24) is 15.3 Å². The summed E-state index contributed by atoms with van der Waals surface area (Å²) in [6.07, 6.45) is 4.85. The summed E-state index contributed by atoms with van der Waals surface area (Å²) >= 11 is 0. The molecule has 0 bridgehead atoms. The van der Waals surface area contributed by atoms with E-state index in [9.17, 15) is 4.79 Å². The SMILES string of the molecule is C[C@@H]1CN(c2ncc3c(n2)CC(C)(C)C[C@@H]3NC(=O)[C@@H]2CCOC2)C[C@@H](C)O1. The van der Waals surface area contributed by atoms with E-state index < -0.39 is 0 Å². The lowest BCUT2D eigenvalue weighted by Crippen LogP contribution is -2.46. The van der Waals surface area contributed by atoms with Crippen molar-refractivity contribution in [2.75, 3.05) is 31.2 Å². The van der Waals surface area contributed by atoms with Gasteiger partial charge >= 0.3 is 0 Å². The van der Waals surface area contributed by atoms with Crippen molar-refractivity contribution in [3.8, 4) is 0 Å². The Morgan fingerprint density at radius 1 is 1.29 bits per heavy atom. The molecular weight excluding hydrogens is 356 g/mol. The van der Waals surface area contributed by atoms with Crippen LogP contribution in [0.5, 0.6) is 0 Å². The van der Waals surface area contributed by atoms with Crippen LogP contribution in [0, 0.1) is 11.3 Å². The first kappa shape index (κ1) is 19.6. The summed E-state index contributed by atoms with van der Waals surface area (Å²) in [7, 11) is 0. The summed E-state index contributed by atoms with van der Waals surface area (Å²) in [5.74, 6) is 0.823. The van der Waals surface area contributed by atoms with Gasteiger partial charge in [-0.05, 0) is 38.5 Å². The van der Waals surface area contributed by atoms with Crippen molar-refractivity contribution < 1.29 is 14.3 Å². The molecule has 1 aromatic rings. The average molecular weight is 389 g/mol. The van der Waals surface area contributed by atoms with Crippen LogP contribution in [0.2, 0.25) is 0 Å². The number of carbonyl (C=O) groups is 1. The van der Waals surface area contributed by atoms with Gasteiger partial charge in [0, 0.05) is 31.5 Å². The molecule has 154 valence electrons. The van der Waals surface area contributed by atoms with E-state index in [4.69, 9.17) is 14.5 Å². The van der Waals surface area contributed by atoms with Gasteiger partial charge in [0.2, 0.25) is 11.9 Å². The summed E-state index contributed by atoms with van der Waals surface area (Å²) in [5, 5.41) is 3.25. The van der Waals surface area contributed by atoms with Crippen LogP contribution >= 0.6 is 0 Å². The lowest BCUT2D eigenvalue weighted by atomic mass is 9.74. The second kappa shape index (κ2) is 7.59. The molecule has 0 unspecified atom stereocenters. The standard InChI is InChI=1S/C21H32N4O3/c1-13-10-25(11-14(2)28-13)20-22-9-16-17(7-21(3,4)8-18(16)24-20)23-19(26)15-5-6-27-12-15/h9,13-15,17H,5-8,10-12H2,1-4H3,(H,23,26)/t13-,14-,15-,17+/m1/s1. The van der Waals surface area contributed by atoms with Crippen molar-refractivity contribution >= 4 is 11.9 Å². The molecule has 4 rings (SSSR count). The maximum atomic E-state index is 12.7. The number of morpholine rings is 1. The lowest BCUT2D eigenvalue weighted by molar-refractivity contribution is -0.126. The first-order valence-electron chi connectivity index (χ1n) is 10.4. The fourth-order valence-corrected chi connectivity index (χ4v) is 4.69. The van der Waals surface area contributed by atoms with Gasteiger partial charge in [0.15, 0.2) is 0 Å². The number of ether oxygens (including phenoxy) is 2. The molecule has 7 heteroatoms. The largest absolute Gasteiger partial charge is 0.381 e. The quantitative estimate of drug-likeness (QED) is 0.856. The summed E-state index contributed by atoms with van der Waals surface area (Å²) in [5.41, 5.74) is 2.19. The van der Waals surface area contributed by atoms with E-state index in [1.54, 1.807) is 0 Å². The molecule has 1 aliphatic carbocycles. The number of aromatic nitrogens is 2. The van der Waals surface area contributed by atoms with Crippen molar-refractivity contribution in [3.05, 3.63) is 17.5 Å². The molecule has 2 saturated heterocycles. The van der Waals surface area contributed by atoms with Crippen LogP contribution in [0.4, 0.5) is 5.95 Å². The highest BCUT2D eigenvalue weighted by atomic mass is 16.5. The average Bonchev–Trinajstić information content (AvgIpc) is 3.14. The highest BCUT2D eigenvalue weighted by Crippen LogP contribution is 2.40. The Kier molecular flexibility index (Phi) is 5.31. The molecule has 0 aromatic carbocycles. The molecule has 2 aliphatic heterocycles. The normalized spacial score (nSPS) is 32.1. The molecule has 4 atom stereocenters. The molecule has 0 spiro atoms. The van der Waals surface area contributed by atoms with Gasteiger partial charge in [-0.1, -0.05) is 13.8 Å². The van der Waals surface area contributed by atoms with Crippen molar-refractivity contribution in [2.45, 2.75) is 65.2 Å². The van der Waals surface area contributed by atoms with Crippen LogP contribution < -0.4 is 10.2 Å². The monoisotopic (exact) mass is 388 g/mol. The van der Waals surface area contributed by atoms with Crippen molar-refractivity contribution in [1.29, 1.82) is 0 Å². The number of hydrogen-bond acceptors (Lipinski definition) is 6. The molecule has 3 heterocycles. The van der Waals surface area contributed by atoms with Crippen LogP contribution in [0.1, 0.15) is 57.8 Å². The van der Waals surface area contributed by atoms with E-state index in [2.05, 4.69) is 42.9 Å². The van der Waals surface area contributed by atoms with Gasteiger partial charge in [-0.2, -0.15) is 0 Å². The number of nitrogens with one attached hydrogen (secondary N) is 1. The topological polar surface area (TPSA) is 76.6 Å². The summed E-state index contributed by atoms with van der Waals surface area (Å²) in [6, 6.07) is -0.0385. The number of anilines is 1. The third kappa shape index (κ3) is 4.15. The van der Waals surface area contributed by atoms with E-state index >= 15 is 0 Å². The fraction of sp³-hybridized carbons (Fsp3) is 0.762. The van der Waals surface area contributed by atoms with Gasteiger partial charge in [-0.3, -0.25) is 4.79 Å². The van der Waals surface area contributed by atoms with Gasteiger partial charge in [-0.25, -0.2) is 9.97 Å². The van der Waals surface area contributed by atoms with Gasteiger partial charge in [0.05, 0.1) is 36.5 Å². The number of fused-ring (bicyclic) bond motifs is 1. The Morgan fingerprint density at radius 3 is 2.71 bits per heavy atom. The maximum Gasteiger partial charge on any atom is 0.226 e. The molecule has 0 saturated carbocycles. The third-order valence-electron chi connectivity index (χ3n) is 5.98. The Labute approximate surface area is 167 Å². The van der Waals surface area contributed by atoms with Gasteiger partial charge in [-0.15, -0.1) is 0 Å². The van der Waals surface area contributed by atoms with Crippen LogP contribution in [-0.4, -0.2) is 54.4 Å². The number of carbonyl (C=O) groups excluding carboxylic acids is 1. The zero-order chi connectivity index (χ0) is 19.9. The highest BCUT2D eigenvalue weighted by Gasteiger charge is 2.36. The minimum atomic E-state index is -0.0385. The number of hydrogen-bond donors (Lipinski definition) is 1. The van der Waals surface area contributed by atoms with Crippen LogP contribution in [-0.2, 0) is 20.7 Å². The molecule has 3 aliphatic rings. The van der Waals surface area contributed by atoms with E-state index in [-0.39, 0.29) is 35.5 Å². The molecule has 1 aromatic heterocycles. The molecule has 2 fully saturated rings. The summed E-state index contributed by atoms with van der Waals surface area (Å²) in [4.78, 5) is 24.5. The molecular formula is C21H32N4O3. The number of rotatable bonds is 3. The van der Waals surface area contributed by atoms with Crippen LogP contribution in [0.25, 0.3) is 0 Å². The third-order valence-corrected chi connectivity index (χ3v) is 5.98. The van der Waals surface area contributed by atoms with Crippen molar-refractivity contribution in [3.63, 3.8) is 0 Å². The maximum absolute atomic E-state index is 12.7. The zero-order valence-corrected chi connectivity index (χ0v) is 17.4. The van der Waals surface area contributed by atoms with E-state index in [1.165, 1.54) is 0 Å². The van der Waals surface area contributed by atoms with Gasteiger partial charge in [0.25, 0.3) is 0 Å². The fourth-order valence-electron chi connectivity index (χ4n) is 4.69. The number of nitrogens with zero attached hydrogens (tertiary/aromatic N) is 3. The van der Waals surface area contributed by atoms with E-state index in [0.29, 0.717) is 13.2 Å². The van der Waals surface area contributed by atoms with E-state index in [0.717, 1.165) is 49.6 Å². The minimum Gasteiger partial charge on any atom is -0.381 e. The Bertz CT molecular complexity index is 722. The molecule has 28 heavy (non-hydrogen) atoms. The Hall–Kier alpha value is -1.73. The molecule has 1 amide bonds. The molecule has 7 nitrogen and oxygen atoms in total. The summed E-state index contributed by atoms with van der Waals surface area (Å²) < 4.78 is 11.2. The van der Waals surface area contributed by atoms with Crippen LogP contribution in [0.15, 0.2) is 6.20 Å². The number of amides is 1. The van der Waals surface area contributed by atoms with Crippen molar-refractivity contribution in [2.24, 2.45) is 11.3 Å². The van der Waals surface area contributed by atoms with Gasteiger partial charge < -0.3 is 19.7 Å². The second-order valence-electron chi connectivity index (χ2n) is 9.40. The molecule has 1 N–H and O–H groups in total. The lowest BCUT2D eigenvalue weighted by Gasteiger charge is -2.38. The summed E-state index contributed by atoms with van der Waals surface area (Å²) in [6.45, 7) is 11.5. The zero-order valence-electron chi connectivity index (χ0n) is 17.4. The minimum absolute atomic E-state index is 0.0370. The first-order chi connectivity index (χ1) is 13.3. The Morgan fingerprint density at radius 2 is 2.04 bits per heavy atom. The van der Waals surface area contributed by atoms with E-state index in [1.807, 2.05) is 6.20 Å². The molecule has 0 radical (unpaired) electrons. The highest BCUT2D eigenvalue weighted by molar-refractivity contribution is 5.79. The Balaban J connectivity index is 1.56. The van der Waals surface area contributed by atoms with Crippen LogP contribution in [0.3, 0.4) is 0 Å². The second-order valence-corrected chi connectivity index (χ2v) is 9.40. The first-order valence-corrected chi connectivity index (χ1v) is 10.4. The van der Waals surface area contributed by atoms with Gasteiger partial charge in [0.1, 0.15) is 0 Å². The predicted octanol–water partition coefficient (Wildman–Crippen LogP) is 2.26. The smallest absolute Gasteiger partial charge is 0.226 e. The predicted molar refractivity (Wildman–Crippen MR) is 106 cm³/mol.